The first-order valence-electron chi connectivity index (χ1n) is 6.77. The van der Waals surface area contributed by atoms with Gasteiger partial charge < -0.3 is 5.32 Å². The van der Waals surface area contributed by atoms with Gasteiger partial charge in [-0.2, -0.15) is 13.5 Å². The fourth-order valence-corrected chi connectivity index (χ4v) is 2.68. The SMILES string of the molecule is Cn1ncc2c(NCc3ccc(NS(=O)(=O)O)cc3)nccc21. The molecule has 0 spiro atoms. The van der Waals surface area contributed by atoms with E-state index in [9.17, 15) is 8.42 Å². The third kappa shape index (κ3) is 3.58. The van der Waals surface area contributed by atoms with Crippen LogP contribution in [0.25, 0.3) is 10.9 Å². The Kier molecular flexibility index (Phi) is 3.89. The van der Waals surface area contributed by atoms with Gasteiger partial charge in [0.25, 0.3) is 0 Å². The van der Waals surface area contributed by atoms with Crippen molar-refractivity contribution in [1.29, 1.82) is 0 Å². The number of hydrogen-bond acceptors (Lipinski definition) is 5. The van der Waals surface area contributed by atoms with E-state index >= 15 is 0 Å². The molecule has 0 aliphatic carbocycles. The molecular weight excluding hydrogens is 318 g/mol. The maximum Gasteiger partial charge on any atom is 0.357 e. The molecule has 0 bridgehead atoms. The average molecular weight is 333 g/mol. The van der Waals surface area contributed by atoms with E-state index < -0.39 is 10.3 Å². The van der Waals surface area contributed by atoms with Crippen molar-refractivity contribution < 1.29 is 13.0 Å². The summed E-state index contributed by atoms with van der Waals surface area (Å²) in [6.07, 6.45) is 3.47. The second kappa shape index (κ2) is 5.86. The monoisotopic (exact) mass is 333 g/mol. The first-order valence-corrected chi connectivity index (χ1v) is 8.21. The molecule has 0 aliphatic heterocycles. The molecule has 2 heterocycles. The summed E-state index contributed by atoms with van der Waals surface area (Å²) in [4.78, 5) is 4.31. The first-order chi connectivity index (χ1) is 10.9. The highest BCUT2D eigenvalue weighted by Gasteiger charge is 2.07. The van der Waals surface area contributed by atoms with E-state index in [2.05, 4.69) is 15.4 Å². The second-order valence-corrected chi connectivity index (χ2v) is 6.14. The molecule has 0 aliphatic rings. The van der Waals surface area contributed by atoms with Crippen molar-refractivity contribution in [2.24, 2.45) is 7.05 Å². The van der Waals surface area contributed by atoms with Crippen LogP contribution in [0.15, 0.2) is 42.7 Å². The summed E-state index contributed by atoms with van der Waals surface area (Å²) < 4.78 is 34.0. The summed E-state index contributed by atoms with van der Waals surface area (Å²) in [6, 6.07) is 8.54. The minimum absolute atomic E-state index is 0.295. The topological polar surface area (TPSA) is 109 Å². The van der Waals surface area contributed by atoms with Crippen molar-refractivity contribution in [2.45, 2.75) is 6.54 Å². The molecule has 3 N–H and O–H groups in total. The fraction of sp³-hybridized carbons (Fsp3) is 0.143. The van der Waals surface area contributed by atoms with E-state index in [1.54, 1.807) is 41.3 Å². The maximum absolute atomic E-state index is 10.7. The lowest BCUT2D eigenvalue weighted by Gasteiger charge is -2.08. The molecule has 23 heavy (non-hydrogen) atoms. The van der Waals surface area contributed by atoms with E-state index in [1.807, 2.05) is 17.8 Å². The molecule has 0 radical (unpaired) electrons. The third-order valence-electron chi connectivity index (χ3n) is 3.34. The van der Waals surface area contributed by atoms with Gasteiger partial charge in [-0.3, -0.25) is 14.0 Å². The van der Waals surface area contributed by atoms with Crippen LogP contribution in [0.2, 0.25) is 0 Å². The molecule has 1 aromatic carbocycles. The molecule has 9 heteroatoms. The Labute approximate surface area is 133 Å². The van der Waals surface area contributed by atoms with Gasteiger partial charge in [0.1, 0.15) is 5.82 Å². The van der Waals surface area contributed by atoms with Crippen molar-refractivity contribution in [3.63, 3.8) is 0 Å². The Bertz CT molecular complexity index is 935. The van der Waals surface area contributed by atoms with Crippen LogP contribution in [0.3, 0.4) is 0 Å². The summed E-state index contributed by atoms with van der Waals surface area (Å²) in [7, 11) is -2.38. The molecule has 0 saturated carbocycles. The molecule has 8 nitrogen and oxygen atoms in total. The molecule has 0 amide bonds. The summed E-state index contributed by atoms with van der Waals surface area (Å²) in [5.41, 5.74) is 2.22. The van der Waals surface area contributed by atoms with Crippen LogP contribution < -0.4 is 10.0 Å². The molecule has 0 unspecified atom stereocenters. The van der Waals surface area contributed by atoms with Gasteiger partial charge in [0.15, 0.2) is 0 Å². The lowest BCUT2D eigenvalue weighted by molar-refractivity contribution is 0.489. The maximum atomic E-state index is 10.7. The molecule has 3 rings (SSSR count). The van der Waals surface area contributed by atoms with E-state index in [0.29, 0.717) is 12.2 Å². The van der Waals surface area contributed by atoms with E-state index in [4.69, 9.17) is 4.55 Å². The second-order valence-electron chi connectivity index (χ2n) is 4.99. The zero-order valence-electron chi connectivity index (χ0n) is 12.3. The number of pyridine rings is 1. The Hall–Kier alpha value is -2.65. The quantitative estimate of drug-likeness (QED) is 0.614. The number of anilines is 2. The van der Waals surface area contributed by atoms with E-state index in [0.717, 1.165) is 22.3 Å². The zero-order chi connectivity index (χ0) is 16.4. The van der Waals surface area contributed by atoms with Crippen LogP contribution in [-0.2, 0) is 23.9 Å². The molecule has 120 valence electrons. The van der Waals surface area contributed by atoms with Gasteiger partial charge in [-0.15, -0.1) is 0 Å². The third-order valence-corrected chi connectivity index (χ3v) is 3.83. The summed E-state index contributed by atoms with van der Waals surface area (Å²) in [5, 5.41) is 8.37. The Morgan fingerprint density at radius 1 is 1.22 bits per heavy atom. The van der Waals surface area contributed by atoms with Crippen molar-refractivity contribution in [3.8, 4) is 0 Å². The minimum atomic E-state index is -4.25. The average Bonchev–Trinajstić information content (AvgIpc) is 2.87. The lowest BCUT2D eigenvalue weighted by Crippen LogP contribution is -2.10. The number of fused-ring (bicyclic) bond motifs is 1. The van der Waals surface area contributed by atoms with Crippen molar-refractivity contribution in [1.82, 2.24) is 14.8 Å². The number of rotatable bonds is 5. The van der Waals surface area contributed by atoms with Gasteiger partial charge in [-0.25, -0.2) is 4.98 Å². The molecule has 0 atom stereocenters. The molecule has 0 fully saturated rings. The van der Waals surface area contributed by atoms with Crippen LogP contribution in [-0.4, -0.2) is 27.7 Å². The van der Waals surface area contributed by atoms with Crippen LogP contribution in [0, 0.1) is 0 Å². The Balaban J connectivity index is 1.72. The minimum Gasteiger partial charge on any atom is -0.365 e. The van der Waals surface area contributed by atoms with Gasteiger partial charge in [0.05, 0.1) is 22.8 Å². The largest absolute Gasteiger partial charge is 0.365 e. The van der Waals surface area contributed by atoms with Gasteiger partial charge in [0, 0.05) is 19.8 Å². The van der Waals surface area contributed by atoms with Gasteiger partial charge >= 0.3 is 10.3 Å². The standard InChI is InChI=1S/C14H15N5O3S/c1-19-13-6-7-15-14(12(13)9-17-19)16-8-10-2-4-11(5-3-10)18-23(20,21)22/h2-7,9,18H,8H2,1H3,(H,15,16)(H,20,21,22). The summed E-state index contributed by atoms with van der Waals surface area (Å²) in [6.45, 7) is 0.521. The highest BCUT2D eigenvalue weighted by molar-refractivity contribution is 7.87. The van der Waals surface area contributed by atoms with E-state index in [-0.39, 0.29) is 0 Å². The summed E-state index contributed by atoms with van der Waals surface area (Å²) >= 11 is 0. The van der Waals surface area contributed by atoms with Crippen LogP contribution >= 0.6 is 0 Å². The zero-order valence-corrected chi connectivity index (χ0v) is 13.1. The van der Waals surface area contributed by atoms with Crippen LogP contribution in [0.4, 0.5) is 11.5 Å². The first kappa shape index (κ1) is 15.3. The number of aryl methyl sites for hydroxylation is 1. The van der Waals surface area contributed by atoms with Gasteiger partial charge in [0.2, 0.25) is 0 Å². The van der Waals surface area contributed by atoms with Crippen LogP contribution in [0.5, 0.6) is 0 Å². The number of nitrogens with one attached hydrogen (secondary N) is 2. The Morgan fingerprint density at radius 3 is 2.65 bits per heavy atom. The molecule has 3 aromatic rings. The van der Waals surface area contributed by atoms with Gasteiger partial charge in [-0.1, -0.05) is 12.1 Å². The predicted molar refractivity (Wildman–Crippen MR) is 87.4 cm³/mol. The van der Waals surface area contributed by atoms with E-state index in [1.165, 1.54) is 0 Å². The lowest BCUT2D eigenvalue weighted by atomic mass is 10.2. The number of nitrogens with zero attached hydrogens (tertiary/aromatic N) is 3. The number of benzene rings is 1. The Morgan fingerprint density at radius 2 is 1.96 bits per heavy atom. The highest BCUT2D eigenvalue weighted by atomic mass is 32.2. The number of hydrogen-bond donors (Lipinski definition) is 3. The predicted octanol–water partition coefficient (Wildman–Crippen LogP) is 1.80. The normalized spacial score (nSPS) is 11.6. The van der Waals surface area contributed by atoms with Crippen molar-refractivity contribution in [2.75, 3.05) is 10.0 Å². The summed E-state index contributed by atoms with van der Waals surface area (Å²) in [5.74, 6) is 0.732. The van der Waals surface area contributed by atoms with Crippen LogP contribution in [0.1, 0.15) is 5.56 Å². The fourth-order valence-electron chi connectivity index (χ4n) is 2.25. The molecule has 0 saturated heterocycles. The smallest absolute Gasteiger partial charge is 0.357 e. The number of aromatic nitrogens is 3. The molecular formula is C14H15N5O3S. The van der Waals surface area contributed by atoms with Crippen molar-refractivity contribution >= 4 is 32.7 Å². The van der Waals surface area contributed by atoms with Gasteiger partial charge in [-0.05, 0) is 23.8 Å². The van der Waals surface area contributed by atoms with Crippen molar-refractivity contribution in [3.05, 3.63) is 48.3 Å². The molecule has 2 aromatic heterocycles. The highest BCUT2D eigenvalue weighted by Crippen LogP contribution is 2.20.